The average Bonchev–Trinajstić information content (AvgIpc) is 3.17. The number of benzene rings is 3. The lowest BCUT2D eigenvalue weighted by molar-refractivity contribution is -0.141. The van der Waals surface area contributed by atoms with E-state index >= 15 is 0 Å². The zero-order chi connectivity index (χ0) is 29.1. The Bertz CT molecular complexity index is 1550. The van der Waals surface area contributed by atoms with E-state index in [1.54, 1.807) is 41.3 Å². The minimum atomic E-state index is -3.71. The molecule has 0 spiro atoms. The van der Waals surface area contributed by atoms with Gasteiger partial charge in [-0.1, -0.05) is 79.7 Å². The molecule has 1 saturated carbocycles. The van der Waals surface area contributed by atoms with Gasteiger partial charge in [0, 0.05) is 41.0 Å². The molecule has 3 aromatic rings. The summed E-state index contributed by atoms with van der Waals surface area (Å²) in [5.41, 5.74) is 1.33. The van der Waals surface area contributed by atoms with Gasteiger partial charge in [-0.2, -0.15) is 0 Å². The number of carbonyl (C=O) groups excluding carboxylic acids is 2. The monoisotopic (exact) mass is 615 g/mol. The predicted octanol–water partition coefficient (Wildman–Crippen LogP) is 6.69. The molecule has 2 amide bonds. The Morgan fingerprint density at radius 3 is 2.49 bits per heavy atom. The fourth-order valence-corrected chi connectivity index (χ4v) is 8.23. The number of amides is 2. The molecule has 0 unspecified atom stereocenters. The van der Waals surface area contributed by atoms with Crippen molar-refractivity contribution in [1.29, 1.82) is 0 Å². The van der Waals surface area contributed by atoms with E-state index in [0.717, 1.165) is 31.1 Å². The number of nitrogens with one attached hydrogen (secondary N) is 1. The summed E-state index contributed by atoms with van der Waals surface area (Å²) >= 11 is 12.6. The Balaban J connectivity index is 1.33. The molecule has 41 heavy (non-hydrogen) atoms. The molecule has 1 aliphatic heterocycles. The van der Waals surface area contributed by atoms with Crippen LogP contribution < -0.4 is 9.62 Å². The van der Waals surface area contributed by atoms with Crippen LogP contribution in [-0.2, 0) is 26.2 Å². The number of nitrogens with zero attached hydrogens (tertiary/aromatic N) is 2. The minimum Gasteiger partial charge on any atom is -0.352 e. The zero-order valence-electron chi connectivity index (χ0n) is 23.1. The van der Waals surface area contributed by atoms with E-state index in [9.17, 15) is 18.0 Å². The van der Waals surface area contributed by atoms with E-state index in [1.807, 2.05) is 25.1 Å². The molecule has 1 aliphatic carbocycles. The van der Waals surface area contributed by atoms with Gasteiger partial charge in [-0.25, -0.2) is 8.42 Å². The van der Waals surface area contributed by atoms with Crippen molar-refractivity contribution in [3.8, 4) is 0 Å². The van der Waals surface area contributed by atoms with Crippen LogP contribution in [-0.4, -0.2) is 43.8 Å². The minimum absolute atomic E-state index is 0.0801. The largest absolute Gasteiger partial charge is 0.352 e. The Morgan fingerprint density at radius 2 is 1.78 bits per heavy atom. The molecular formula is C31H35Cl2N3O4S. The van der Waals surface area contributed by atoms with Crippen LogP contribution in [0.1, 0.15) is 63.9 Å². The topological polar surface area (TPSA) is 86.8 Å². The van der Waals surface area contributed by atoms with Crippen LogP contribution in [0.5, 0.6) is 0 Å². The van der Waals surface area contributed by atoms with Gasteiger partial charge in [-0.05, 0) is 60.9 Å². The molecule has 1 fully saturated rings. The third-order valence-corrected chi connectivity index (χ3v) is 10.6. The highest BCUT2D eigenvalue weighted by Gasteiger charge is 2.36. The Kier molecular flexibility index (Phi) is 9.12. The van der Waals surface area contributed by atoms with E-state index in [1.165, 1.54) is 10.7 Å². The number of carbonyl (C=O) groups is 2. The third-order valence-electron chi connectivity index (χ3n) is 8.13. The van der Waals surface area contributed by atoms with Gasteiger partial charge in [-0.15, -0.1) is 0 Å². The molecule has 218 valence electrons. The van der Waals surface area contributed by atoms with Crippen LogP contribution in [0, 0.1) is 0 Å². The Hall–Kier alpha value is -2.81. The van der Waals surface area contributed by atoms with Crippen LogP contribution in [0.2, 0.25) is 10.0 Å². The van der Waals surface area contributed by atoms with E-state index in [0.29, 0.717) is 44.4 Å². The number of hydrogen-bond acceptors (Lipinski definition) is 4. The maximum absolute atomic E-state index is 13.8. The lowest BCUT2D eigenvalue weighted by Crippen LogP contribution is -2.51. The Labute approximate surface area is 251 Å². The van der Waals surface area contributed by atoms with Gasteiger partial charge in [0.25, 0.3) is 10.0 Å². The van der Waals surface area contributed by atoms with Crippen molar-refractivity contribution in [2.45, 2.75) is 81.8 Å². The first kappa shape index (κ1) is 29.7. The summed E-state index contributed by atoms with van der Waals surface area (Å²) in [7, 11) is -3.71. The fourth-order valence-electron chi connectivity index (χ4n) is 6.01. The predicted molar refractivity (Wildman–Crippen MR) is 164 cm³/mol. The molecule has 0 radical (unpaired) electrons. The second kappa shape index (κ2) is 12.6. The van der Waals surface area contributed by atoms with Crippen molar-refractivity contribution < 1.29 is 18.0 Å². The highest BCUT2D eigenvalue weighted by atomic mass is 35.5. The molecule has 0 saturated heterocycles. The van der Waals surface area contributed by atoms with E-state index in [4.69, 9.17) is 23.2 Å². The van der Waals surface area contributed by atoms with E-state index < -0.39 is 16.1 Å². The quantitative estimate of drug-likeness (QED) is 0.275. The SMILES string of the molecule is CC[C@@H](C(=O)NC1CCCCC1)N(Cc1ccc(Cl)cc1Cl)C(=O)CCCN1c2cccc3cccc(c23)S1(=O)=O. The number of hydrogen-bond donors (Lipinski definition) is 1. The molecule has 10 heteroatoms. The lowest BCUT2D eigenvalue weighted by atomic mass is 9.95. The summed E-state index contributed by atoms with van der Waals surface area (Å²) in [4.78, 5) is 29.1. The third kappa shape index (κ3) is 6.20. The van der Waals surface area contributed by atoms with Crippen molar-refractivity contribution in [3.63, 3.8) is 0 Å². The second-order valence-corrected chi connectivity index (χ2v) is 13.5. The first-order chi connectivity index (χ1) is 19.7. The second-order valence-electron chi connectivity index (χ2n) is 10.8. The summed E-state index contributed by atoms with van der Waals surface area (Å²) in [5, 5.41) is 5.66. The summed E-state index contributed by atoms with van der Waals surface area (Å²) in [6.07, 6.45) is 6.05. The standard InChI is InChI=1S/C31H35Cl2N3O4S/c1-2-26(31(38)34-24-11-4-3-5-12-24)35(20-22-16-17-23(32)19-25(22)33)29(37)15-8-18-36-27-13-6-9-21-10-7-14-28(30(21)27)41(36,39)40/h6-7,9-10,13-14,16-17,19,24,26H,2-5,8,11-12,15,18,20H2,1H3,(H,34,38)/t26-/m0/s1. The summed E-state index contributed by atoms with van der Waals surface area (Å²) < 4.78 is 28.1. The number of anilines is 1. The van der Waals surface area contributed by atoms with Gasteiger partial charge in [0.2, 0.25) is 11.8 Å². The highest BCUT2D eigenvalue weighted by Crippen LogP contribution is 2.42. The molecule has 0 aromatic heterocycles. The van der Waals surface area contributed by atoms with Crippen molar-refractivity contribution >= 4 is 61.5 Å². The van der Waals surface area contributed by atoms with Crippen LogP contribution in [0.4, 0.5) is 5.69 Å². The van der Waals surface area contributed by atoms with Crippen molar-refractivity contribution in [2.75, 3.05) is 10.8 Å². The van der Waals surface area contributed by atoms with Crippen LogP contribution in [0.15, 0.2) is 59.5 Å². The van der Waals surface area contributed by atoms with Gasteiger partial charge < -0.3 is 10.2 Å². The number of halogens is 2. The van der Waals surface area contributed by atoms with Gasteiger partial charge in [0.1, 0.15) is 6.04 Å². The number of sulfonamides is 1. The smallest absolute Gasteiger partial charge is 0.265 e. The maximum Gasteiger partial charge on any atom is 0.265 e. The van der Waals surface area contributed by atoms with Crippen LogP contribution in [0.3, 0.4) is 0 Å². The molecule has 0 bridgehead atoms. The van der Waals surface area contributed by atoms with E-state index in [-0.39, 0.29) is 37.4 Å². The lowest BCUT2D eigenvalue weighted by Gasteiger charge is -2.33. The molecule has 1 N–H and O–H groups in total. The summed E-state index contributed by atoms with van der Waals surface area (Å²) in [6.45, 7) is 2.20. The summed E-state index contributed by atoms with van der Waals surface area (Å²) in [5.74, 6) is -0.393. The highest BCUT2D eigenvalue weighted by molar-refractivity contribution is 7.93. The van der Waals surface area contributed by atoms with Crippen molar-refractivity contribution in [1.82, 2.24) is 10.2 Å². The number of rotatable bonds is 10. The zero-order valence-corrected chi connectivity index (χ0v) is 25.4. The Morgan fingerprint density at radius 1 is 1.05 bits per heavy atom. The van der Waals surface area contributed by atoms with Gasteiger partial charge in [0.15, 0.2) is 0 Å². The van der Waals surface area contributed by atoms with Gasteiger partial charge in [0.05, 0.1) is 10.6 Å². The maximum atomic E-state index is 13.8. The van der Waals surface area contributed by atoms with Gasteiger partial charge >= 0.3 is 0 Å². The molecule has 7 nitrogen and oxygen atoms in total. The molecule has 5 rings (SSSR count). The van der Waals surface area contributed by atoms with Crippen LogP contribution in [0.25, 0.3) is 10.8 Å². The fraction of sp³-hybridized carbons (Fsp3) is 0.419. The first-order valence-corrected chi connectivity index (χ1v) is 16.5. The molecule has 2 aliphatic rings. The van der Waals surface area contributed by atoms with Gasteiger partial charge in [-0.3, -0.25) is 13.9 Å². The molecule has 1 heterocycles. The normalized spacial score (nSPS) is 17.0. The first-order valence-electron chi connectivity index (χ1n) is 14.3. The summed E-state index contributed by atoms with van der Waals surface area (Å²) in [6, 6.07) is 15.4. The van der Waals surface area contributed by atoms with Crippen molar-refractivity contribution in [2.24, 2.45) is 0 Å². The van der Waals surface area contributed by atoms with Crippen LogP contribution >= 0.6 is 23.2 Å². The molecule has 3 aromatic carbocycles. The van der Waals surface area contributed by atoms with Crippen molar-refractivity contribution in [3.05, 3.63) is 70.2 Å². The molecule has 1 atom stereocenters. The molecular weight excluding hydrogens is 581 g/mol. The average molecular weight is 617 g/mol. The van der Waals surface area contributed by atoms with E-state index in [2.05, 4.69) is 5.32 Å².